The lowest BCUT2D eigenvalue weighted by atomic mass is 9.98. The van der Waals surface area contributed by atoms with Gasteiger partial charge in [-0.1, -0.05) is 0 Å². The van der Waals surface area contributed by atoms with Crippen molar-refractivity contribution in [2.75, 3.05) is 39.1 Å². The Balaban J connectivity index is 1.79. The van der Waals surface area contributed by atoms with Gasteiger partial charge >= 0.3 is 0 Å². The van der Waals surface area contributed by atoms with Crippen molar-refractivity contribution in [1.82, 2.24) is 14.2 Å². The van der Waals surface area contributed by atoms with E-state index in [0.29, 0.717) is 13.1 Å². The van der Waals surface area contributed by atoms with Crippen LogP contribution in [0.4, 0.5) is 0 Å². The van der Waals surface area contributed by atoms with E-state index in [9.17, 15) is 8.42 Å². The molecule has 1 saturated heterocycles. The molecule has 0 spiro atoms. The Hall–Kier alpha value is -1.02. The van der Waals surface area contributed by atoms with Gasteiger partial charge in [-0.05, 0) is 23.1 Å². The zero-order valence-corrected chi connectivity index (χ0v) is 13.1. The molecule has 2 aliphatic rings. The van der Waals surface area contributed by atoms with Crippen molar-refractivity contribution >= 4 is 10.0 Å². The van der Waals surface area contributed by atoms with Gasteiger partial charge in [-0.25, -0.2) is 8.42 Å². The molecule has 0 radical (unpaired) electrons. The van der Waals surface area contributed by atoms with Crippen molar-refractivity contribution in [2.24, 2.45) is 0 Å². The lowest BCUT2D eigenvalue weighted by Gasteiger charge is -2.31. The largest absolute Gasteiger partial charge is 0.379 e. The second-order valence-electron chi connectivity index (χ2n) is 5.67. The average molecular weight is 311 g/mol. The molecular weight excluding hydrogens is 290 g/mol. The van der Waals surface area contributed by atoms with E-state index in [0.717, 1.165) is 44.8 Å². The molecule has 0 bridgehead atoms. The van der Waals surface area contributed by atoms with E-state index in [-0.39, 0.29) is 0 Å². The number of rotatable bonds is 3. The lowest BCUT2D eigenvalue weighted by Crippen LogP contribution is -2.38. The average Bonchev–Trinajstić information content (AvgIpc) is 2.47. The number of pyridine rings is 1. The Labute approximate surface area is 125 Å². The van der Waals surface area contributed by atoms with Crippen molar-refractivity contribution < 1.29 is 13.2 Å². The molecule has 0 N–H and O–H groups in total. The normalized spacial score (nSPS) is 21.2. The summed E-state index contributed by atoms with van der Waals surface area (Å²) in [4.78, 5) is 6.67. The summed E-state index contributed by atoms with van der Waals surface area (Å²) >= 11 is 0. The van der Waals surface area contributed by atoms with Gasteiger partial charge in [0.15, 0.2) is 0 Å². The van der Waals surface area contributed by atoms with Crippen LogP contribution in [-0.4, -0.2) is 61.7 Å². The number of ether oxygens (including phenoxy) is 1. The molecule has 21 heavy (non-hydrogen) atoms. The minimum atomic E-state index is -3.13. The Bertz CT molecular complexity index is 612. The monoisotopic (exact) mass is 311 g/mol. The van der Waals surface area contributed by atoms with Crippen LogP contribution >= 0.6 is 0 Å². The molecule has 0 atom stereocenters. The van der Waals surface area contributed by atoms with Gasteiger partial charge in [0.1, 0.15) is 0 Å². The SMILES string of the molecule is CS(=O)(=O)N1CCc2c(CN3CCOCC3)cncc2C1. The Morgan fingerprint density at radius 1 is 1.24 bits per heavy atom. The zero-order chi connectivity index (χ0) is 14.9. The molecule has 1 fully saturated rings. The van der Waals surface area contributed by atoms with Crippen molar-refractivity contribution in [1.29, 1.82) is 0 Å². The maximum atomic E-state index is 11.7. The van der Waals surface area contributed by atoms with Gasteiger partial charge in [0, 0.05) is 45.1 Å². The zero-order valence-electron chi connectivity index (χ0n) is 12.3. The molecule has 1 aromatic rings. The van der Waals surface area contributed by atoms with E-state index in [1.807, 2.05) is 6.20 Å². The first kappa shape index (κ1) is 14.9. The van der Waals surface area contributed by atoms with Crippen molar-refractivity contribution in [2.45, 2.75) is 19.5 Å². The van der Waals surface area contributed by atoms with Crippen molar-refractivity contribution in [3.63, 3.8) is 0 Å². The number of hydrogen-bond donors (Lipinski definition) is 0. The topological polar surface area (TPSA) is 62.7 Å². The van der Waals surface area contributed by atoms with E-state index in [1.165, 1.54) is 21.7 Å². The minimum Gasteiger partial charge on any atom is -0.379 e. The van der Waals surface area contributed by atoms with Crippen LogP contribution in [0.25, 0.3) is 0 Å². The second-order valence-corrected chi connectivity index (χ2v) is 7.65. The number of nitrogens with zero attached hydrogens (tertiary/aromatic N) is 3. The summed E-state index contributed by atoms with van der Waals surface area (Å²) in [5.41, 5.74) is 3.54. The van der Waals surface area contributed by atoms with E-state index in [4.69, 9.17) is 4.74 Å². The highest BCUT2D eigenvalue weighted by atomic mass is 32.2. The van der Waals surface area contributed by atoms with Gasteiger partial charge in [-0.3, -0.25) is 9.88 Å². The summed E-state index contributed by atoms with van der Waals surface area (Å²) < 4.78 is 30.3. The summed E-state index contributed by atoms with van der Waals surface area (Å²) in [5, 5.41) is 0. The van der Waals surface area contributed by atoms with Crippen LogP contribution in [0.2, 0.25) is 0 Å². The molecule has 6 nitrogen and oxygen atoms in total. The third kappa shape index (κ3) is 3.42. The summed E-state index contributed by atoms with van der Waals surface area (Å²) in [6.07, 6.45) is 5.76. The maximum absolute atomic E-state index is 11.7. The summed E-state index contributed by atoms with van der Waals surface area (Å²) in [6.45, 7) is 5.33. The first-order valence-electron chi connectivity index (χ1n) is 7.24. The highest BCUT2D eigenvalue weighted by molar-refractivity contribution is 7.88. The van der Waals surface area contributed by atoms with Crippen molar-refractivity contribution in [3.8, 4) is 0 Å². The van der Waals surface area contributed by atoms with E-state index >= 15 is 0 Å². The molecule has 0 unspecified atom stereocenters. The number of morpholine rings is 1. The molecular formula is C14H21N3O3S. The fourth-order valence-corrected chi connectivity index (χ4v) is 3.76. The number of aromatic nitrogens is 1. The van der Waals surface area contributed by atoms with Crippen LogP contribution in [-0.2, 0) is 34.3 Å². The standard InChI is InChI=1S/C14H21N3O3S/c1-21(18,19)17-3-2-14-12(8-15-9-13(14)11-17)10-16-4-6-20-7-5-16/h8-9H,2-7,10-11H2,1H3. The van der Waals surface area contributed by atoms with Gasteiger partial charge in [0.05, 0.1) is 19.5 Å². The number of hydrogen-bond acceptors (Lipinski definition) is 5. The van der Waals surface area contributed by atoms with Crippen LogP contribution < -0.4 is 0 Å². The fraction of sp³-hybridized carbons (Fsp3) is 0.643. The fourth-order valence-electron chi connectivity index (χ4n) is 2.96. The highest BCUT2D eigenvalue weighted by Crippen LogP contribution is 2.24. The molecule has 0 amide bonds. The minimum absolute atomic E-state index is 0.443. The highest BCUT2D eigenvalue weighted by Gasteiger charge is 2.25. The molecule has 0 aliphatic carbocycles. The molecule has 116 valence electrons. The Kier molecular flexibility index (Phi) is 4.26. The molecule has 3 rings (SSSR count). The molecule has 2 aliphatic heterocycles. The molecule has 0 saturated carbocycles. The molecule has 1 aromatic heterocycles. The van der Waals surface area contributed by atoms with Gasteiger partial charge in [0.2, 0.25) is 10.0 Å². The van der Waals surface area contributed by atoms with Gasteiger partial charge in [-0.2, -0.15) is 4.31 Å². The van der Waals surface area contributed by atoms with Gasteiger partial charge in [0.25, 0.3) is 0 Å². The molecule has 7 heteroatoms. The third-order valence-electron chi connectivity index (χ3n) is 4.16. The molecule has 0 aromatic carbocycles. The van der Waals surface area contributed by atoms with Gasteiger partial charge < -0.3 is 4.74 Å². The predicted octanol–water partition coefficient (Wildman–Crippen LogP) is 0.232. The van der Waals surface area contributed by atoms with Crippen molar-refractivity contribution in [3.05, 3.63) is 29.1 Å². The quantitative estimate of drug-likeness (QED) is 0.800. The number of fused-ring (bicyclic) bond motifs is 1. The van der Waals surface area contributed by atoms with Crippen LogP contribution in [0, 0.1) is 0 Å². The van der Waals surface area contributed by atoms with Crippen LogP contribution in [0.3, 0.4) is 0 Å². The summed E-state index contributed by atoms with van der Waals surface area (Å²) in [7, 11) is -3.13. The van der Waals surface area contributed by atoms with Gasteiger partial charge in [-0.15, -0.1) is 0 Å². The third-order valence-corrected chi connectivity index (χ3v) is 5.41. The Morgan fingerprint density at radius 3 is 2.71 bits per heavy atom. The summed E-state index contributed by atoms with van der Waals surface area (Å²) in [5.74, 6) is 0. The summed E-state index contributed by atoms with van der Waals surface area (Å²) in [6, 6.07) is 0. The maximum Gasteiger partial charge on any atom is 0.211 e. The molecule has 3 heterocycles. The van der Waals surface area contributed by atoms with Crippen LogP contribution in [0.5, 0.6) is 0 Å². The van der Waals surface area contributed by atoms with E-state index < -0.39 is 10.0 Å². The first-order valence-corrected chi connectivity index (χ1v) is 9.09. The van der Waals surface area contributed by atoms with E-state index in [1.54, 1.807) is 6.20 Å². The van der Waals surface area contributed by atoms with E-state index in [2.05, 4.69) is 9.88 Å². The Morgan fingerprint density at radius 2 is 2.00 bits per heavy atom. The number of sulfonamides is 1. The predicted molar refractivity (Wildman–Crippen MR) is 79.3 cm³/mol. The van der Waals surface area contributed by atoms with Crippen LogP contribution in [0.1, 0.15) is 16.7 Å². The first-order chi connectivity index (χ1) is 10.0. The van der Waals surface area contributed by atoms with Crippen LogP contribution in [0.15, 0.2) is 12.4 Å². The smallest absolute Gasteiger partial charge is 0.211 e. The second kappa shape index (κ2) is 6.00. The lowest BCUT2D eigenvalue weighted by molar-refractivity contribution is 0.0340.